The van der Waals surface area contributed by atoms with Gasteiger partial charge in [-0.25, -0.2) is 4.98 Å². The number of aromatic nitrogens is 2. The fourth-order valence-electron chi connectivity index (χ4n) is 2.40. The molecule has 2 atom stereocenters. The zero-order valence-electron chi connectivity index (χ0n) is 14.6. The van der Waals surface area contributed by atoms with Crippen molar-refractivity contribution in [1.82, 2.24) is 20.6 Å². The van der Waals surface area contributed by atoms with Gasteiger partial charge in [-0.1, -0.05) is 19.0 Å². The topological polar surface area (TPSA) is 146 Å². The summed E-state index contributed by atoms with van der Waals surface area (Å²) >= 11 is 0. The molecule has 10 nitrogen and oxygen atoms in total. The van der Waals surface area contributed by atoms with Gasteiger partial charge >= 0.3 is 7.12 Å². The molecule has 0 aromatic carbocycles. The smallest absolute Gasteiger partial charge is 0.426 e. The van der Waals surface area contributed by atoms with Crippen LogP contribution < -0.4 is 10.6 Å². The molecular weight excluding hydrogens is 341 g/mol. The zero-order chi connectivity index (χ0) is 19.1. The first kappa shape index (κ1) is 19.8. The minimum absolute atomic E-state index is 0.108. The molecule has 1 aromatic heterocycles. The summed E-state index contributed by atoms with van der Waals surface area (Å²) in [6.07, 6.45) is 3.96. The van der Waals surface area contributed by atoms with Gasteiger partial charge in [0.05, 0.1) is 24.4 Å². The molecule has 140 valence electrons. The van der Waals surface area contributed by atoms with Crippen LogP contribution in [0.15, 0.2) is 23.7 Å². The van der Waals surface area contributed by atoms with Crippen LogP contribution >= 0.6 is 0 Å². The van der Waals surface area contributed by atoms with Gasteiger partial charge in [-0.3, -0.25) is 14.6 Å². The summed E-state index contributed by atoms with van der Waals surface area (Å²) in [6.45, 7) is 3.93. The van der Waals surface area contributed by atoms with E-state index in [4.69, 9.17) is 4.84 Å². The van der Waals surface area contributed by atoms with E-state index in [1.807, 2.05) is 13.8 Å². The Morgan fingerprint density at radius 3 is 2.77 bits per heavy atom. The van der Waals surface area contributed by atoms with Crippen molar-refractivity contribution in [3.63, 3.8) is 0 Å². The van der Waals surface area contributed by atoms with Gasteiger partial charge in [0.25, 0.3) is 11.8 Å². The van der Waals surface area contributed by atoms with Crippen molar-refractivity contribution in [3.8, 4) is 0 Å². The first-order valence-corrected chi connectivity index (χ1v) is 8.29. The van der Waals surface area contributed by atoms with Crippen LogP contribution in [0.5, 0.6) is 0 Å². The number of hydrogen-bond acceptors (Lipinski definition) is 8. The molecule has 0 aliphatic carbocycles. The van der Waals surface area contributed by atoms with Crippen LogP contribution in [0.1, 0.15) is 37.2 Å². The molecule has 26 heavy (non-hydrogen) atoms. The molecule has 0 saturated carbocycles. The number of amides is 2. The summed E-state index contributed by atoms with van der Waals surface area (Å²) < 4.78 is 0. The Hall–Kier alpha value is -2.53. The van der Waals surface area contributed by atoms with E-state index in [0.29, 0.717) is 12.1 Å². The van der Waals surface area contributed by atoms with E-state index in [1.54, 1.807) is 0 Å². The number of nitrogens with zero attached hydrogens (tertiary/aromatic N) is 3. The van der Waals surface area contributed by atoms with Gasteiger partial charge in [0.15, 0.2) is 0 Å². The number of rotatable bonds is 8. The molecule has 0 bridgehead atoms. The Morgan fingerprint density at radius 2 is 2.15 bits per heavy atom. The molecule has 4 N–H and O–H groups in total. The second-order valence-corrected chi connectivity index (χ2v) is 6.39. The predicted octanol–water partition coefficient (Wildman–Crippen LogP) is -1.11. The predicted molar refractivity (Wildman–Crippen MR) is 92.9 cm³/mol. The highest BCUT2D eigenvalue weighted by molar-refractivity contribution is 6.43. The molecule has 11 heteroatoms. The Kier molecular flexibility index (Phi) is 7.04. The SMILES string of the molecule is CC(C)C[C@H](NC(=O)C1CC(CNC(=O)c2cnccn2)=NO1)B(O)O. The minimum atomic E-state index is -1.66. The van der Waals surface area contributed by atoms with Crippen molar-refractivity contribution < 1.29 is 24.5 Å². The number of oxime groups is 1. The number of nitrogens with one attached hydrogen (secondary N) is 2. The lowest BCUT2D eigenvalue weighted by atomic mass is 9.75. The van der Waals surface area contributed by atoms with E-state index >= 15 is 0 Å². The summed E-state index contributed by atoms with van der Waals surface area (Å²) in [7, 11) is -1.66. The lowest BCUT2D eigenvalue weighted by molar-refractivity contribution is -0.131. The third-order valence-corrected chi connectivity index (χ3v) is 3.68. The van der Waals surface area contributed by atoms with Gasteiger partial charge in [0, 0.05) is 18.8 Å². The maximum atomic E-state index is 12.2. The van der Waals surface area contributed by atoms with E-state index in [9.17, 15) is 19.6 Å². The third kappa shape index (κ3) is 5.78. The second-order valence-electron chi connectivity index (χ2n) is 6.39. The minimum Gasteiger partial charge on any atom is -0.426 e. The number of carbonyl (C=O) groups excluding carboxylic acids is 2. The highest BCUT2D eigenvalue weighted by Crippen LogP contribution is 2.12. The first-order chi connectivity index (χ1) is 12.4. The summed E-state index contributed by atoms with van der Waals surface area (Å²) in [5.74, 6) is -1.50. The van der Waals surface area contributed by atoms with Gasteiger partial charge in [0.1, 0.15) is 5.69 Å². The van der Waals surface area contributed by atoms with E-state index in [2.05, 4.69) is 25.8 Å². The zero-order valence-corrected chi connectivity index (χ0v) is 14.6. The molecule has 1 aromatic rings. The van der Waals surface area contributed by atoms with Gasteiger partial charge in [-0.05, 0) is 12.3 Å². The molecule has 0 radical (unpaired) electrons. The third-order valence-electron chi connectivity index (χ3n) is 3.68. The summed E-state index contributed by atoms with van der Waals surface area (Å²) in [4.78, 5) is 36.9. The van der Waals surface area contributed by atoms with Crippen LogP contribution in [0, 0.1) is 5.92 Å². The lowest BCUT2D eigenvalue weighted by Gasteiger charge is -2.20. The average molecular weight is 363 g/mol. The van der Waals surface area contributed by atoms with E-state index in [1.165, 1.54) is 18.6 Å². The maximum Gasteiger partial charge on any atom is 0.475 e. The van der Waals surface area contributed by atoms with Crippen LogP contribution in [0.2, 0.25) is 0 Å². The standard InChI is InChI=1S/C15H22BN5O5/c1-9(2)5-13(16(24)25)20-15(23)12-6-10(21-26-12)7-19-14(22)11-8-17-3-4-18-11/h3-4,8-9,12-13,24-25H,5-7H2,1-2H3,(H,19,22)(H,20,23)/t12?,13-/m0/s1. The molecule has 1 aliphatic heterocycles. The molecule has 0 saturated heterocycles. The maximum absolute atomic E-state index is 12.2. The van der Waals surface area contributed by atoms with Crippen LogP contribution in [0.25, 0.3) is 0 Å². The monoisotopic (exact) mass is 363 g/mol. The van der Waals surface area contributed by atoms with E-state index < -0.39 is 31.0 Å². The molecule has 2 heterocycles. The number of carbonyl (C=O) groups is 2. The largest absolute Gasteiger partial charge is 0.475 e. The number of hydrogen-bond donors (Lipinski definition) is 4. The van der Waals surface area contributed by atoms with Gasteiger partial charge in [0.2, 0.25) is 6.10 Å². The van der Waals surface area contributed by atoms with Gasteiger partial charge < -0.3 is 25.5 Å². The summed E-state index contributed by atoms with van der Waals surface area (Å²) in [5, 5.41) is 27.7. The van der Waals surface area contributed by atoms with Crippen molar-refractivity contribution in [1.29, 1.82) is 0 Å². The van der Waals surface area contributed by atoms with Gasteiger partial charge in [-0.2, -0.15) is 0 Å². The molecule has 1 aliphatic rings. The quantitative estimate of drug-likeness (QED) is 0.429. The second kappa shape index (κ2) is 9.25. The fraction of sp³-hybridized carbons (Fsp3) is 0.533. The summed E-state index contributed by atoms with van der Waals surface area (Å²) in [6, 6.07) is 0. The molecule has 0 fully saturated rings. The Morgan fingerprint density at radius 1 is 1.38 bits per heavy atom. The van der Waals surface area contributed by atoms with Crippen molar-refractivity contribution in [2.45, 2.75) is 38.7 Å². The van der Waals surface area contributed by atoms with Crippen molar-refractivity contribution in [2.75, 3.05) is 6.54 Å². The lowest BCUT2D eigenvalue weighted by Crippen LogP contribution is -2.50. The average Bonchev–Trinajstić information content (AvgIpc) is 3.08. The first-order valence-electron chi connectivity index (χ1n) is 8.29. The van der Waals surface area contributed by atoms with Crippen LogP contribution in [-0.2, 0) is 9.63 Å². The van der Waals surface area contributed by atoms with Crippen LogP contribution in [0.4, 0.5) is 0 Å². The Balaban J connectivity index is 1.79. The van der Waals surface area contributed by atoms with E-state index in [-0.39, 0.29) is 24.6 Å². The van der Waals surface area contributed by atoms with Crippen molar-refractivity contribution in [3.05, 3.63) is 24.3 Å². The highest BCUT2D eigenvalue weighted by Gasteiger charge is 2.33. The van der Waals surface area contributed by atoms with Crippen molar-refractivity contribution in [2.24, 2.45) is 11.1 Å². The molecule has 0 spiro atoms. The van der Waals surface area contributed by atoms with Gasteiger partial charge in [-0.15, -0.1) is 0 Å². The molecular formula is C15H22BN5O5. The molecule has 2 amide bonds. The van der Waals surface area contributed by atoms with Crippen LogP contribution in [-0.4, -0.2) is 63.3 Å². The van der Waals surface area contributed by atoms with Crippen LogP contribution in [0.3, 0.4) is 0 Å². The molecule has 1 unspecified atom stereocenters. The Labute approximate surface area is 151 Å². The fourth-order valence-corrected chi connectivity index (χ4v) is 2.40. The Bertz CT molecular complexity index is 655. The highest BCUT2D eigenvalue weighted by atomic mass is 16.6. The molecule has 2 rings (SSSR count). The normalized spacial score (nSPS) is 17.3. The van der Waals surface area contributed by atoms with Crippen molar-refractivity contribution >= 4 is 24.6 Å². The summed E-state index contributed by atoms with van der Waals surface area (Å²) in [5.41, 5.74) is 0.669. The van der Waals surface area contributed by atoms with E-state index in [0.717, 1.165) is 0 Å².